The first-order valence-corrected chi connectivity index (χ1v) is 9.28. The number of hydrogen-bond acceptors (Lipinski definition) is 3. The minimum absolute atomic E-state index is 0.216. The van der Waals surface area contributed by atoms with Crippen LogP contribution in [0.15, 0.2) is 24.3 Å². The summed E-state index contributed by atoms with van der Waals surface area (Å²) >= 11 is 0. The van der Waals surface area contributed by atoms with Crippen LogP contribution in [-0.4, -0.2) is 55.5 Å². The Morgan fingerprint density at radius 2 is 1.92 bits per heavy atom. The van der Waals surface area contributed by atoms with E-state index in [0.717, 1.165) is 17.9 Å². The third-order valence-corrected chi connectivity index (χ3v) is 5.68. The van der Waals surface area contributed by atoms with Gasteiger partial charge in [-0.25, -0.2) is 0 Å². The number of ether oxygens (including phenoxy) is 1. The van der Waals surface area contributed by atoms with Gasteiger partial charge in [0, 0.05) is 19.6 Å². The number of nitrogens with zero attached hydrogens (tertiary/aromatic N) is 2. The van der Waals surface area contributed by atoms with Crippen molar-refractivity contribution in [2.75, 3.05) is 33.8 Å². The summed E-state index contributed by atoms with van der Waals surface area (Å²) in [6.45, 7) is 3.41. The van der Waals surface area contributed by atoms with Gasteiger partial charge in [0.05, 0.1) is 13.5 Å². The molecule has 2 aliphatic rings. The normalized spacial score (nSPS) is 24.2. The van der Waals surface area contributed by atoms with Gasteiger partial charge < -0.3 is 14.5 Å². The maximum atomic E-state index is 12.6. The highest BCUT2D eigenvalue weighted by Crippen LogP contribution is 2.31. The Hall–Kier alpha value is -1.55. The molecule has 2 heterocycles. The fraction of sp³-hybridized carbons (Fsp3) is 0.650. The van der Waals surface area contributed by atoms with Crippen molar-refractivity contribution >= 4 is 5.91 Å². The number of carbonyl (C=O) groups is 1. The van der Waals surface area contributed by atoms with E-state index in [1.165, 1.54) is 45.2 Å². The molecule has 0 spiro atoms. The summed E-state index contributed by atoms with van der Waals surface area (Å²) < 4.78 is 5.17. The monoisotopic (exact) mass is 330 g/mol. The van der Waals surface area contributed by atoms with Crippen LogP contribution in [0.2, 0.25) is 0 Å². The molecule has 0 bridgehead atoms. The largest absolute Gasteiger partial charge is 0.497 e. The van der Waals surface area contributed by atoms with Crippen molar-refractivity contribution in [1.29, 1.82) is 0 Å². The molecule has 0 aromatic heterocycles. The van der Waals surface area contributed by atoms with Crippen LogP contribution in [0.1, 0.15) is 37.7 Å². The molecule has 0 radical (unpaired) electrons. The fourth-order valence-corrected chi connectivity index (χ4v) is 4.30. The lowest BCUT2D eigenvalue weighted by atomic mass is 9.83. The minimum Gasteiger partial charge on any atom is -0.497 e. The molecule has 1 aromatic rings. The number of piperidine rings is 2. The highest BCUT2D eigenvalue weighted by atomic mass is 16.5. The Morgan fingerprint density at radius 3 is 2.67 bits per heavy atom. The molecule has 4 nitrogen and oxygen atoms in total. The Balaban J connectivity index is 1.54. The van der Waals surface area contributed by atoms with Crippen molar-refractivity contribution < 1.29 is 9.53 Å². The molecule has 2 atom stereocenters. The van der Waals surface area contributed by atoms with Gasteiger partial charge in [-0.3, -0.25) is 4.79 Å². The standard InChI is InChI=1S/C20H30N2O2/c1-21(20(23)14-16-8-10-18(24-2)11-9-16)15-17-6-5-13-22-12-4-3-7-19(17)22/h8-11,17,19H,3-7,12-15H2,1-2H3/t17-,19-/m1/s1. The highest BCUT2D eigenvalue weighted by molar-refractivity contribution is 5.78. The zero-order chi connectivity index (χ0) is 16.9. The number of hydrogen-bond donors (Lipinski definition) is 0. The average Bonchev–Trinajstić information content (AvgIpc) is 2.62. The summed E-state index contributed by atoms with van der Waals surface area (Å²) in [5, 5.41) is 0. The van der Waals surface area contributed by atoms with E-state index in [1.54, 1.807) is 7.11 Å². The van der Waals surface area contributed by atoms with E-state index in [2.05, 4.69) is 4.90 Å². The third kappa shape index (κ3) is 4.10. The van der Waals surface area contributed by atoms with Gasteiger partial charge in [-0.15, -0.1) is 0 Å². The van der Waals surface area contributed by atoms with Crippen LogP contribution in [0, 0.1) is 5.92 Å². The highest BCUT2D eigenvalue weighted by Gasteiger charge is 2.33. The number of rotatable bonds is 5. The maximum Gasteiger partial charge on any atom is 0.226 e. The van der Waals surface area contributed by atoms with Crippen LogP contribution in [-0.2, 0) is 11.2 Å². The smallest absolute Gasteiger partial charge is 0.226 e. The van der Waals surface area contributed by atoms with E-state index >= 15 is 0 Å². The molecule has 1 amide bonds. The van der Waals surface area contributed by atoms with E-state index in [-0.39, 0.29) is 5.91 Å². The third-order valence-electron chi connectivity index (χ3n) is 5.68. The first-order chi connectivity index (χ1) is 11.7. The van der Waals surface area contributed by atoms with Crippen LogP contribution in [0.5, 0.6) is 5.75 Å². The van der Waals surface area contributed by atoms with E-state index in [0.29, 0.717) is 18.4 Å². The molecule has 3 rings (SSSR count). The average molecular weight is 330 g/mol. The molecule has 2 fully saturated rings. The van der Waals surface area contributed by atoms with Crippen LogP contribution in [0.4, 0.5) is 0 Å². The zero-order valence-corrected chi connectivity index (χ0v) is 15.0. The molecule has 2 saturated heterocycles. The van der Waals surface area contributed by atoms with Gasteiger partial charge in [0.15, 0.2) is 0 Å². The maximum absolute atomic E-state index is 12.6. The van der Waals surface area contributed by atoms with Gasteiger partial charge in [0.1, 0.15) is 5.75 Å². The van der Waals surface area contributed by atoms with Gasteiger partial charge in [0.2, 0.25) is 5.91 Å². The minimum atomic E-state index is 0.216. The topological polar surface area (TPSA) is 32.8 Å². The lowest BCUT2D eigenvalue weighted by Gasteiger charge is -2.45. The van der Waals surface area contributed by atoms with E-state index in [1.807, 2.05) is 36.2 Å². The van der Waals surface area contributed by atoms with Gasteiger partial charge in [0.25, 0.3) is 0 Å². The number of likely N-dealkylation sites (N-methyl/N-ethyl adjacent to an activating group) is 1. The Bertz CT molecular complexity index is 541. The summed E-state index contributed by atoms with van der Waals surface area (Å²) in [4.78, 5) is 17.2. The summed E-state index contributed by atoms with van der Waals surface area (Å²) in [5.74, 6) is 1.69. The van der Waals surface area contributed by atoms with E-state index in [4.69, 9.17) is 4.74 Å². The first-order valence-electron chi connectivity index (χ1n) is 9.28. The lowest BCUT2D eigenvalue weighted by Crippen LogP contribution is -2.51. The first kappa shape index (κ1) is 17.3. The summed E-state index contributed by atoms with van der Waals surface area (Å²) in [5.41, 5.74) is 1.05. The Labute approximate surface area is 145 Å². The number of carbonyl (C=O) groups excluding carboxylic acids is 1. The van der Waals surface area contributed by atoms with Crippen molar-refractivity contribution in [3.8, 4) is 5.75 Å². The van der Waals surface area contributed by atoms with Crippen molar-refractivity contribution in [3.05, 3.63) is 29.8 Å². The predicted octanol–water partition coefficient (Wildman–Crippen LogP) is 2.96. The van der Waals surface area contributed by atoms with Gasteiger partial charge in [-0.1, -0.05) is 18.6 Å². The molecule has 24 heavy (non-hydrogen) atoms. The molecule has 0 unspecified atom stereocenters. The summed E-state index contributed by atoms with van der Waals surface area (Å²) in [7, 11) is 3.63. The number of methoxy groups -OCH3 is 1. The Morgan fingerprint density at radius 1 is 1.17 bits per heavy atom. The molecular formula is C20H30N2O2. The van der Waals surface area contributed by atoms with Crippen molar-refractivity contribution in [3.63, 3.8) is 0 Å². The van der Waals surface area contributed by atoms with Crippen LogP contribution in [0.3, 0.4) is 0 Å². The van der Waals surface area contributed by atoms with Gasteiger partial charge in [-0.2, -0.15) is 0 Å². The number of amides is 1. The van der Waals surface area contributed by atoms with Crippen molar-refractivity contribution in [1.82, 2.24) is 9.80 Å². The Kier molecular flexibility index (Phi) is 5.77. The molecule has 132 valence electrons. The summed E-state index contributed by atoms with van der Waals surface area (Å²) in [6.07, 6.45) is 7.02. The summed E-state index contributed by atoms with van der Waals surface area (Å²) in [6, 6.07) is 8.50. The van der Waals surface area contributed by atoms with E-state index < -0.39 is 0 Å². The molecule has 1 aromatic carbocycles. The zero-order valence-electron chi connectivity index (χ0n) is 15.0. The fourth-order valence-electron chi connectivity index (χ4n) is 4.30. The molecule has 4 heteroatoms. The predicted molar refractivity (Wildman–Crippen MR) is 96.3 cm³/mol. The van der Waals surface area contributed by atoms with Crippen LogP contribution < -0.4 is 4.74 Å². The second-order valence-corrected chi connectivity index (χ2v) is 7.30. The van der Waals surface area contributed by atoms with Crippen LogP contribution in [0.25, 0.3) is 0 Å². The SMILES string of the molecule is COc1ccc(CC(=O)N(C)C[C@H]2CCCN3CCCC[C@H]23)cc1. The number of fused-ring (bicyclic) bond motifs is 1. The molecule has 2 aliphatic heterocycles. The van der Waals surface area contributed by atoms with Crippen molar-refractivity contribution in [2.45, 2.75) is 44.6 Å². The van der Waals surface area contributed by atoms with Crippen molar-refractivity contribution in [2.24, 2.45) is 5.92 Å². The quantitative estimate of drug-likeness (QED) is 0.832. The van der Waals surface area contributed by atoms with Crippen LogP contribution >= 0.6 is 0 Å². The molecule has 0 N–H and O–H groups in total. The molecule has 0 aliphatic carbocycles. The molecule has 0 saturated carbocycles. The van der Waals surface area contributed by atoms with E-state index in [9.17, 15) is 4.79 Å². The lowest BCUT2D eigenvalue weighted by molar-refractivity contribution is -0.130. The number of benzene rings is 1. The van der Waals surface area contributed by atoms with Gasteiger partial charge >= 0.3 is 0 Å². The van der Waals surface area contributed by atoms with Gasteiger partial charge in [-0.05, 0) is 62.4 Å². The molecular weight excluding hydrogens is 300 g/mol. The second kappa shape index (κ2) is 8.02. The second-order valence-electron chi connectivity index (χ2n) is 7.30.